The molecule has 1 aromatic carbocycles. The summed E-state index contributed by atoms with van der Waals surface area (Å²) in [5.41, 5.74) is 1.21. The maximum atomic E-state index is 11.7. The lowest BCUT2D eigenvalue weighted by Crippen LogP contribution is -2.37. The number of likely N-dealkylation sites (N-methyl/N-ethyl adjacent to an activating group) is 1. The molecular formula is C12H15NO6S. The molecule has 0 fully saturated rings. The van der Waals surface area contributed by atoms with Crippen LogP contribution >= 0.6 is 0 Å². The SMILES string of the molecule is COc1c2c(cc3c1C(S(=O)(=O)O)N(C)CC3)OCO2. The van der Waals surface area contributed by atoms with E-state index in [2.05, 4.69) is 0 Å². The maximum Gasteiger partial charge on any atom is 0.285 e. The number of fused-ring (bicyclic) bond motifs is 2. The van der Waals surface area contributed by atoms with Crippen LogP contribution in [0.1, 0.15) is 16.5 Å². The Bertz CT molecular complexity index is 656. The molecule has 1 unspecified atom stereocenters. The molecule has 0 radical (unpaired) electrons. The fourth-order valence-electron chi connectivity index (χ4n) is 2.77. The molecule has 0 aromatic heterocycles. The summed E-state index contributed by atoms with van der Waals surface area (Å²) in [7, 11) is -1.21. The summed E-state index contributed by atoms with van der Waals surface area (Å²) in [6.45, 7) is 0.585. The highest BCUT2D eigenvalue weighted by Crippen LogP contribution is 2.50. The first kappa shape index (κ1) is 13.5. The van der Waals surface area contributed by atoms with Gasteiger partial charge in [-0.25, -0.2) is 0 Å². The predicted molar refractivity (Wildman–Crippen MR) is 69.7 cm³/mol. The molecular weight excluding hydrogens is 286 g/mol. The van der Waals surface area contributed by atoms with E-state index in [9.17, 15) is 13.0 Å². The molecule has 0 amide bonds. The van der Waals surface area contributed by atoms with E-state index in [1.807, 2.05) is 0 Å². The number of hydrogen-bond donors (Lipinski definition) is 1. The molecule has 7 nitrogen and oxygen atoms in total. The number of nitrogens with zero attached hydrogens (tertiary/aromatic N) is 1. The molecule has 1 N–H and O–H groups in total. The fraction of sp³-hybridized carbons (Fsp3) is 0.500. The summed E-state index contributed by atoms with van der Waals surface area (Å²) in [4.78, 5) is 1.57. The molecule has 1 aromatic rings. The Morgan fingerprint density at radius 1 is 1.45 bits per heavy atom. The maximum absolute atomic E-state index is 11.7. The Balaban J connectivity index is 2.28. The lowest BCUT2D eigenvalue weighted by atomic mass is 9.97. The smallest absolute Gasteiger partial charge is 0.285 e. The van der Waals surface area contributed by atoms with E-state index in [1.165, 1.54) is 7.11 Å². The van der Waals surface area contributed by atoms with Gasteiger partial charge in [0.2, 0.25) is 12.5 Å². The summed E-state index contributed by atoms with van der Waals surface area (Å²) in [6.07, 6.45) is 0.644. The van der Waals surface area contributed by atoms with Gasteiger partial charge in [0, 0.05) is 12.1 Å². The summed E-state index contributed by atoms with van der Waals surface area (Å²) in [5, 5.41) is -1.16. The van der Waals surface area contributed by atoms with Gasteiger partial charge in [-0.3, -0.25) is 9.45 Å². The van der Waals surface area contributed by atoms with Crippen LogP contribution in [0.15, 0.2) is 6.07 Å². The lowest BCUT2D eigenvalue weighted by Gasteiger charge is -2.33. The minimum absolute atomic E-state index is 0.0704. The first-order chi connectivity index (χ1) is 9.43. The van der Waals surface area contributed by atoms with Crippen molar-refractivity contribution in [3.05, 3.63) is 17.2 Å². The number of hydrogen-bond acceptors (Lipinski definition) is 6. The predicted octanol–water partition coefficient (Wildman–Crippen LogP) is 0.798. The summed E-state index contributed by atoms with van der Waals surface area (Å²) in [6, 6.07) is 1.76. The van der Waals surface area contributed by atoms with E-state index in [0.29, 0.717) is 35.8 Å². The van der Waals surface area contributed by atoms with Gasteiger partial charge in [-0.05, 0) is 25.1 Å². The Morgan fingerprint density at radius 3 is 2.85 bits per heavy atom. The largest absolute Gasteiger partial charge is 0.492 e. The summed E-state index contributed by atoms with van der Waals surface area (Å²) in [5.74, 6) is 1.23. The molecule has 0 aliphatic carbocycles. The van der Waals surface area contributed by atoms with Crippen molar-refractivity contribution in [1.82, 2.24) is 4.90 Å². The normalized spacial score (nSPS) is 21.6. The molecule has 2 aliphatic rings. The monoisotopic (exact) mass is 301 g/mol. The van der Waals surface area contributed by atoms with E-state index < -0.39 is 15.5 Å². The van der Waals surface area contributed by atoms with Crippen molar-refractivity contribution in [2.24, 2.45) is 0 Å². The van der Waals surface area contributed by atoms with E-state index in [1.54, 1.807) is 18.0 Å². The van der Waals surface area contributed by atoms with Crippen molar-refractivity contribution in [3.8, 4) is 17.2 Å². The minimum Gasteiger partial charge on any atom is -0.492 e. The third-order valence-electron chi connectivity index (χ3n) is 3.61. The molecule has 1 atom stereocenters. The van der Waals surface area contributed by atoms with Crippen LogP contribution < -0.4 is 14.2 Å². The Hall–Kier alpha value is -1.51. The van der Waals surface area contributed by atoms with Crippen LogP contribution in [0.2, 0.25) is 0 Å². The molecule has 2 heterocycles. The number of rotatable bonds is 2. The quantitative estimate of drug-likeness (QED) is 0.809. The molecule has 20 heavy (non-hydrogen) atoms. The zero-order valence-corrected chi connectivity index (χ0v) is 11.9. The molecule has 2 aliphatic heterocycles. The van der Waals surface area contributed by atoms with E-state index in [4.69, 9.17) is 14.2 Å². The molecule has 3 rings (SSSR count). The Labute approximate surface area is 116 Å². The van der Waals surface area contributed by atoms with Crippen LogP contribution in [-0.4, -0.2) is 45.4 Å². The minimum atomic E-state index is -4.29. The first-order valence-corrected chi connectivity index (χ1v) is 7.59. The second kappa shape index (κ2) is 4.51. The highest BCUT2D eigenvalue weighted by atomic mass is 32.2. The van der Waals surface area contributed by atoms with Gasteiger partial charge in [-0.1, -0.05) is 0 Å². The third-order valence-corrected chi connectivity index (χ3v) is 4.77. The zero-order valence-electron chi connectivity index (χ0n) is 11.1. The second-order valence-corrected chi connectivity index (χ2v) is 6.29. The zero-order chi connectivity index (χ0) is 14.5. The van der Waals surface area contributed by atoms with Gasteiger partial charge in [0.05, 0.1) is 7.11 Å². The van der Waals surface area contributed by atoms with Crippen molar-refractivity contribution < 1.29 is 27.2 Å². The van der Waals surface area contributed by atoms with Gasteiger partial charge >= 0.3 is 0 Å². The van der Waals surface area contributed by atoms with Crippen molar-refractivity contribution in [2.75, 3.05) is 27.5 Å². The second-order valence-electron chi connectivity index (χ2n) is 4.81. The van der Waals surface area contributed by atoms with E-state index in [0.717, 1.165) is 5.56 Å². The summed E-state index contributed by atoms with van der Waals surface area (Å²) >= 11 is 0. The van der Waals surface area contributed by atoms with Crippen LogP contribution in [0.5, 0.6) is 17.2 Å². The number of benzene rings is 1. The number of methoxy groups -OCH3 is 1. The average Bonchev–Trinajstić information content (AvgIpc) is 2.82. The van der Waals surface area contributed by atoms with Crippen LogP contribution in [0.4, 0.5) is 0 Å². The standard InChI is InChI=1S/C12H15NO6S/c1-13-4-3-7-5-8-10(19-6-18-8)11(17-2)9(7)12(13)20(14,15)16/h5,12H,3-4,6H2,1-2H3,(H,14,15,16). The van der Waals surface area contributed by atoms with Crippen LogP contribution in [0.25, 0.3) is 0 Å². The van der Waals surface area contributed by atoms with E-state index >= 15 is 0 Å². The molecule has 0 bridgehead atoms. The lowest BCUT2D eigenvalue weighted by molar-refractivity contribution is 0.171. The average molecular weight is 301 g/mol. The van der Waals surface area contributed by atoms with Crippen molar-refractivity contribution in [3.63, 3.8) is 0 Å². The van der Waals surface area contributed by atoms with Gasteiger partial charge in [0.25, 0.3) is 10.1 Å². The third kappa shape index (κ3) is 1.91. The van der Waals surface area contributed by atoms with Gasteiger partial charge in [0.15, 0.2) is 16.9 Å². The molecule has 0 saturated carbocycles. The highest BCUT2D eigenvalue weighted by molar-refractivity contribution is 7.86. The van der Waals surface area contributed by atoms with Crippen LogP contribution in [-0.2, 0) is 16.5 Å². The molecule has 0 saturated heterocycles. The highest BCUT2D eigenvalue weighted by Gasteiger charge is 2.40. The van der Waals surface area contributed by atoms with Gasteiger partial charge in [-0.2, -0.15) is 8.42 Å². The first-order valence-electron chi connectivity index (χ1n) is 6.09. The Kier molecular flexibility index (Phi) is 3.03. The summed E-state index contributed by atoms with van der Waals surface area (Å²) < 4.78 is 48.9. The van der Waals surface area contributed by atoms with Crippen molar-refractivity contribution in [2.45, 2.75) is 11.8 Å². The topological polar surface area (TPSA) is 85.3 Å². The van der Waals surface area contributed by atoms with Crippen LogP contribution in [0.3, 0.4) is 0 Å². The van der Waals surface area contributed by atoms with Crippen molar-refractivity contribution in [1.29, 1.82) is 0 Å². The molecule has 110 valence electrons. The van der Waals surface area contributed by atoms with Gasteiger partial charge < -0.3 is 14.2 Å². The fourth-order valence-corrected chi connectivity index (χ4v) is 3.88. The van der Waals surface area contributed by atoms with E-state index in [-0.39, 0.29) is 6.79 Å². The van der Waals surface area contributed by atoms with Gasteiger partial charge in [0.1, 0.15) is 0 Å². The molecule has 0 spiro atoms. The Morgan fingerprint density at radius 2 is 2.20 bits per heavy atom. The van der Waals surface area contributed by atoms with Crippen LogP contribution in [0, 0.1) is 0 Å². The van der Waals surface area contributed by atoms with Gasteiger partial charge in [-0.15, -0.1) is 0 Å². The number of ether oxygens (including phenoxy) is 3. The van der Waals surface area contributed by atoms with Crippen molar-refractivity contribution >= 4 is 10.1 Å². The molecule has 8 heteroatoms.